The van der Waals surface area contributed by atoms with E-state index in [1.165, 1.54) is 51.4 Å². The van der Waals surface area contributed by atoms with Crippen molar-refractivity contribution in [2.75, 3.05) is 0 Å². The zero-order chi connectivity index (χ0) is 15.6. The smallest absolute Gasteiger partial charge is 0.0131 e. The average Bonchev–Trinajstić information content (AvgIpc) is 3.20. The van der Waals surface area contributed by atoms with E-state index < -0.39 is 0 Å². The summed E-state index contributed by atoms with van der Waals surface area (Å²) in [7, 11) is 0. The van der Waals surface area contributed by atoms with Crippen LogP contribution < -0.4 is 0 Å². The number of hydrogen-bond acceptors (Lipinski definition) is 0. The van der Waals surface area contributed by atoms with Gasteiger partial charge in [0.15, 0.2) is 0 Å². The van der Waals surface area contributed by atoms with Crippen molar-refractivity contribution in [3.63, 3.8) is 0 Å². The Morgan fingerprint density at radius 2 is 1.68 bits per heavy atom. The first kappa shape index (κ1) is 16.1. The molecular weight excluding hydrogens is 264 g/mol. The van der Waals surface area contributed by atoms with Gasteiger partial charge in [0.25, 0.3) is 0 Å². The van der Waals surface area contributed by atoms with Gasteiger partial charge in [-0.1, -0.05) is 57.1 Å². The molecule has 3 aliphatic carbocycles. The fraction of sp³-hybridized carbons (Fsp3) is 0.727. The van der Waals surface area contributed by atoms with Crippen molar-refractivity contribution in [2.45, 2.75) is 65.2 Å². The molecule has 4 unspecified atom stereocenters. The largest absolute Gasteiger partial charge is 0.103 e. The van der Waals surface area contributed by atoms with Crippen LogP contribution in [0.25, 0.3) is 0 Å². The quantitative estimate of drug-likeness (QED) is 0.487. The molecule has 0 spiro atoms. The Labute approximate surface area is 137 Å². The maximum atomic E-state index is 4.02. The Morgan fingerprint density at radius 3 is 2.27 bits per heavy atom. The summed E-state index contributed by atoms with van der Waals surface area (Å²) in [6.07, 6.45) is 23.1. The van der Waals surface area contributed by atoms with Gasteiger partial charge in [-0.05, 0) is 73.5 Å². The van der Waals surface area contributed by atoms with E-state index in [1.807, 2.05) is 0 Å². The molecule has 0 N–H and O–H groups in total. The maximum Gasteiger partial charge on any atom is -0.0131 e. The van der Waals surface area contributed by atoms with Gasteiger partial charge in [0.05, 0.1) is 0 Å². The van der Waals surface area contributed by atoms with Gasteiger partial charge in [-0.25, -0.2) is 0 Å². The topological polar surface area (TPSA) is 0 Å². The fourth-order valence-corrected chi connectivity index (χ4v) is 6.40. The van der Waals surface area contributed by atoms with E-state index in [9.17, 15) is 0 Å². The second-order valence-corrected chi connectivity index (χ2v) is 7.97. The van der Waals surface area contributed by atoms with Gasteiger partial charge >= 0.3 is 0 Å². The van der Waals surface area contributed by atoms with E-state index in [4.69, 9.17) is 0 Å². The van der Waals surface area contributed by atoms with Crippen molar-refractivity contribution in [1.29, 1.82) is 0 Å². The maximum absolute atomic E-state index is 4.02. The van der Waals surface area contributed by atoms with Crippen LogP contribution in [0.4, 0.5) is 0 Å². The van der Waals surface area contributed by atoms with Crippen molar-refractivity contribution < 1.29 is 0 Å². The van der Waals surface area contributed by atoms with E-state index >= 15 is 0 Å². The van der Waals surface area contributed by atoms with E-state index in [0.717, 1.165) is 29.6 Å². The predicted octanol–water partition coefficient (Wildman–Crippen LogP) is 6.55. The second-order valence-electron chi connectivity index (χ2n) is 7.97. The molecule has 2 fully saturated rings. The molecule has 122 valence electrons. The van der Waals surface area contributed by atoms with Crippen molar-refractivity contribution in [3.05, 3.63) is 37.0 Å². The van der Waals surface area contributed by atoms with Gasteiger partial charge < -0.3 is 0 Å². The molecule has 4 atom stereocenters. The van der Waals surface area contributed by atoms with Crippen LogP contribution in [0, 0.1) is 35.0 Å². The monoisotopic (exact) mass is 298 g/mol. The molecule has 0 heteroatoms. The Bertz CT molecular complexity index is 431. The Morgan fingerprint density at radius 1 is 1.05 bits per heavy atom. The molecule has 2 saturated carbocycles. The highest BCUT2D eigenvalue weighted by atomic mass is 14.6. The summed E-state index contributed by atoms with van der Waals surface area (Å²) in [5, 5.41) is 0. The zero-order valence-electron chi connectivity index (χ0n) is 14.6. The van der Waals surface area contributed by atoms with E-state index in [1.54, 1.807) is 0 Å². The Balaban J connectivity index is 1.91. The Kier molecular flexibility index (Phi) is 4.95. The Hall–Kier alpha value is -0.780. The fourth-order valence-electron chi connectivity index (χ4n) is 6.40. The van der Waals surface area contributed by atoms with E-state index in [-0.39, 0.29) is 0 Å². The lowest BCUT2D eigenvalue weighted by Crippen LogP contribution is -2.38. The van der Waals surface area contributed by atoms with Crippen LogP contribution in [0.3, 0.4) is 0 Å². The molecule has 0 aliphatic heterocycles. The molecular formula is C22H34. The summed E-state index contributed by atoms with van der Waals surface area (Å²) >= 11 is 0. The molecule has 22 heavy (non-hydrogen) atoms. The standard InChI is InChI=1S/C22H34/c1-4-11-17-16-21(20-15-10-9-14-19(17)20)22(5-2,6-3)18-12-7-8-13-18/h4,9-10,14-15,17-21H,1,5-8,11-13,16H2,2-3H3. The van der Waals surface area contributed by atoms with Crippen LogP contribution in [-0.2, 0) is 0 Å². The SMILES string of the molecule is C=CCC1CC(C(CC)(CC)C2CCCC2)C2C=CC=CC12. The minimum absolute atomic E-state index is 0.588. The molecule has 0 saturated heterocycles. The summed E-state index contributed by atoms with van der Waals surface area (Å²) < 4.78 is 0. The third kappa shape index (κ3) is 2.53. The number of allylic oxidation sites excluding steroid dienone is 5. The van der Waals surface area contributed by atoms with Gasteiger partial charge in [0.2, 0.25) is 0 Å². The summed E-state index contributed by atoms with van der Waals surface area (Å²) in [5.41, 5.74) is 0.588. The molecule has 0 aromatic carbocycles. The highest BCUT2D eigenvalue weighted by Crippen LogP contribution is 2.60. The van der Waals surface area contributed by atoms with Crippen molar-refractivity contribution in [1.82, 2.24) is 0 Å². The third-order valence-corrected chi connectivity index (χ3v) is 7.48. The van der Waals surface area contributed by atoms with Gasteiger partial charge in [0.1, 0.15) is 0 Å². The molecule has 0 nitrogen and oxygen atoms in total. The third-order valence-electron chi connectivity index (χ3n) is 7.48. The highest BCUT2D eigenvalue weighted by molar-refractivity contribution is 5.21. The summed E-state index contributed by atoms with van der Waals surface area (Å²) in [6, 6.07) is 0. The van der Waals surface area contributed by atoms with Gasteiger partial charge in [-0.3, -0.25) is 0 Å². The molecule has 0 bridgehead atoms. The first-order chi connectivity index (χ1) is 10.8. The van der Waals surface area contributed by atoms with Crippen molar-refractivity contribution in [3.8, 4) is 0 Å². The minimum atomic E-state index is 0.588. The molecule has 3 aliphatic rings. The van der Waals surface area contributed by atoms with E-state index in [2.05, 4.69) is 50.8 Å². The molecule has 0 heterocycles. The first-order valence-corrected chi connectivity index (χ1v) is 9.72. The normalized spacial score (nSPS) is 35.0. The lowest BCUT2D eigenvalue weighted by atomic mass is 9.59. The van der Waals surface area contributed by atoms with Crippen LogP contribution >= 0.6 is 0 Å². The van der Waals surface area contributed by atoms with Gasteiger partial charge in [-0.2, -0.15) is 0 Å². The lowest BCUT2D eigenvalue weighted by Gasteiger charge is -2.46. The lowest BCUT2D eigenvalue weighted by molar-refractivity contribution is 0.0423. The number of fused-ring (bicyclic) bond motifs is 1. The summed E-state index contributed by atoms with van der Waals surface area (Å²) in [4.78, 5) is 0. The molecule has 0 aromatic rings. The van der Waals surface area contributed by atoms with Crippen LogP contribution in [0.15, 0.2) is 37.0 Å². The molecule has 0 aromatic heterocycles. The highest BCUT2D eigenvalue weighted by Gasteiger charge is 2.52. The van der Waals surface area contributed by atoms with Crippen LogP contribution in [0.1, 0.15) is 65.2 Å². The molecule has 3 rings (SSSR count). The van der Waals surface area contributed by atoms with Gasteiger partial charge in [0, 0.05) is 0 Å². The summed E-state index contributed by atoms with van der Waals surface area (Å²) in [6.45, 7) is 8.97. The van der Waals surface area contributed by atoms with Gasteiger partial charge in [-0.15, -0.1) is 6.58 Å². The van der Waals surface area contributed by atoms with Crippen LogP contribution in [0.2, 0.25) is 0 Å². The number of hydrogen-bond donors (Lipinski definition) is 0. The van der Waals surface area contributed by atoms with Crippen molar-refractivity contribution in [2.24, 2.45) is 35.0 Å². The summed E-state index contributed by atoms with van der Waals surface area (Å²) in [5.74, 6) is 4.26. The molecule has 0 amide bonds. The second kappa shape index (κ2) is 6.77. The van der Waals surface area contributed by atoms with Crippen molar-refractivity contribution >= 4 is 0 Å². The molecule has 0 radical (unpaired) electrons. The predicted molar refractivity (Wildman–Crippen MR) is 96.6 cm³/mol. The minimum Gasteiger partial charge on any atom is -0.103 e. The zero-order valence-corrected chi connectivity index (χ0v) is 14.6. The average molecular weight is 299 g/mol. The van der Waals surface area contributed by atoms with E-state index in [0.29, 0.717) is 5.41 Å². The first-order valence-electron chi connectivity index (χ1n) is 9.72. The number of rotatable bonds is 6. The van der Waals surface area contributed by atoms with Crippen LogP contribution in [-0.4, -0.2) is 0 Å². The van der Waals surface area contributed by atoms with Crippen LogP contribution in [0.5, 0.6) is 0 Å².